The Balaban J connectivity index is 2.53. The lowest BCUT2D eigenvalue weighted by Crippen LogP contribution is -1.89. The van der Waals surface area contributed by atoms with Crippen LogP contribution in [0.2, 0.25) is 0 Å². The van der Waals surface area contributed by atoms with Gasteiger partial charge in [0.25, 0.3) is 0 Å². The molecule has 1 aromatic carbocycles. The van der Waals surface area contributed by atoms with Crippen molar-refractivity contribution < 1.29 is 0 Å². The van der Waals surface area contributed by atoms with Crippen molar-refractivity contribution in [2.45, 2.75) is 6.92 Å². The fourth-order valence-electron chi connectivity index (χ4n) is 1.47. The van der Waals surface area contributed by atoms with E-state index in [2.05, 4.69) is 16.5 Å². The quantitative estimate of drug-likeness (QED) is 0.737. The largest absolute Gasteiger partial charge is 0.241 e. The molecule has 0 fully saturated rings. The van der Waals surface area contributed by atoms with Gasteiger partial charge in [-0.05, 0) is 18.1 Å². The zero-order chi connectivity index (χ0) is 10.7. The maximum absolute atomic E-state index is 4.19. The van der Waals surface area contributed by atoms with E-state index in [-0.39, 0.29) is 0 Å². The van der Waals surface area contributed by atoms with Crippen LogP contribution in [0.3, 0.4) is 0 Å². The van der Waals surface area contributed by atoms with Crippen LogP contribution in [-0.4, -0.2) is 9.97 Å². The monoisotopic (exact) mass is 196 g/mol. The molecule has 0 unspecified atom stereocenters. The minimum Gasteiger partial charge on any atom is -0.241 e. The summed E-state index contributed by atoms with van der Waals surface area (Å²) in [7, 11) is 0. The Hall–Kier alpha value is -1.96. The first-order chi connectivity index (χ1) is 7.31. The number of hydrogen-bond donors (Lipinski definition) is 0. The molecule has 0 radical (unpaired) electrons. The van der Waals surface area contributed by atoms with E-state index in [4.69, 9.17) is 0 Å². The molecule has 74 valence electrons. The molecule has 0 spiro atoms. The number of benzene rings is 1. The Labute approximate surface area is 89.3 Å². The second-order valence-electron chi connectivity index (χ2n) is 3.31. The van der Waals surface area contributed by atoms with E-state index < -0.39 is 0 Å². The number of nitrogens with zero attached hydrogens (tertiary/aromatic N) is 2. The first kappa shape index (κ1) is 9.59. The lowest BCUT2D eigenvalue weighted by atomic mass is 10.0. The molecule has 0 bridgehead atoms. The first-order valence-electron chi connectivity index (χ1n) is 4.82. The highest BCUT2D eigenvalue weighted by molar-refractivity contribution is 5.73. The number of aromatic nitrogens is 2. The predicted octanol–water partition coefficient (Wildman–Crippen LogP) is 3.10. The smallest absolute Gasteiger partial charge is 0.125 e. The van der Waals surface area contributed by atoms with E-state index in [1.165, 1.54) is 0 Å². The zero-order valence-electron chi connectivity index (χ0n) is 8.64. The van der Waals surface area contributed by atoms with Crippen molar-refractivity contribution >= 4 is 6.08 Å². The minimum absolute atomic E-state index is 0.787. The van der Waals surface area contributed by atoms with Crippen molar-refractivity contribution in [3.8, 4) is 11.1 Å². The summed E-state index contributed by atoms with van der Waals surface area (Å²) in [5, 5.41) is 0. The maximum Gasteiger partial charge on any atom is 0.125 e. The van der Waals surface area contributed by atoms with Gasteiger partial charge in [-0.25, -0.2) is 9.97 Å². The summed E-state index contributed by atoms with van der Waals surface area (Å²) in [6, 6.07) is 8.07. The molecule has 0 N–H and O–H groups in total. The zero-order valence-corrected chi connectivity index (χ0v) is 8.64. The van der Waals surface area contributed by atoms with Crippen LogP contribution < -0.4 is 0 Å². The predicted molar refractivity (Wildman–Crippen MR) is 62.3 cm³/mol. The molecule has 0 amide bonds. The SMILES string of the molecule is C=Cc1ccccc1-c1cnc(C)nc1. The Kier molecular flexibility index (Phi) is 2.59. The molecular weight excluding hydrogens is 184 g/mol. The van der Waals surface area contributed by atoms with Gasteiger partial charge in [0.1, 0.15) is 5.82 Å². The van der Waals surface area contributed by atoms with Crippen LogP contribution in [0, 0.1) is 6.92 Å². The standard InChI is InChI=1S/C13H12N2/c1-3-11-6-4-5-7-13(11)12-8-14-10(2)15-9-12/h3-9H,1H2,2H3. The van der Waals surface area contributed by atoms with Crippen molar-refractivity contribution in [3.63, 3.8) is 0 Å². The van der Waals surface area contributed by atoms with Crippen LogP contribution in [0.15, 0.2) is 43.2 Å². The fourth-order valence-corrected chi connectivity index (χ4v) is 1.47. The highest BCUT2D eigenvalue weighted by Gasteiger charge is 2.01. The van der Waals surface area contributed by atoms with Gasteiger partial charge in [-0.15, -0.1) is 0 Å². The molecular formula is C13H12N2. The Morgan fingerprint density at radius 1 is 1.13 bits per heavy atom. The second-order valence-corrected chi connectivity index (χ2v) is 3.31. The molecule has 2 rings (SSSR count). The molecule has 2 heteroatoms. The van der Waals surface area contributed by atoms with Crippen molar-refractivity contribution in [2.24, 2.45) is 0 Å². The highest BCUT2D eigenvalue weighted by Crippen LogP contribution is 2.22. The van der Waals surface area contributed by atoms with Gasteiger partial charge in [0.15, 0.2) is 0 Å². The molecule has 2 nitrogen and oxygen atoms in total. The summed E-state index contributed by atoms with van der Waals surface area (Å²) >= 11 is 0. The third kappa shape index (κ3) is 1.94. The molecule has 2 aromatic rings. The lowest BCUT2D eigenvalue weighted by Gasteiger charge is -2.04. The molecule has 1 aromatic heterocycles. The normalized spacial score (nSPS) is 9.93. The van der Waals surface area contributed by atoms with Crippen LogP contribution >= 0.6 is 0 Å². The van der Waals surface area contributed by atoms with Crippen molar-refractivity contribution in [1.29, 1.82) is 0 Å². The van der Waals surface area contributed by atoms with E-state index in [1.54, 1.807) is 0 Å². The summed E-state index contributed by atoms with van der Waals surface area (Å²) in [6.45, 7) is 5.67. The van der Waals surface area contributed by atoms with Crippen LogP contribution in [0.5, 0.6) is 0 Å². The van der Waals surface area contributed by atoms with Gasteiger partial charge in [-0.1, -0.05) is 36.9 Å². The van der Waals surface area contributed by atoms with Gasteiger partial charge in [-0.2, -0.15) is 0 Å². The Morgan fingerprint density at radius 3 is 2.47 bits per heavy atom. The molecule has 0 aliphatic rings. The average molecular weight is 196 g/mol. The number of aryl methyl sites for hydroxylation is 1. The highest BCUT2D eigenvalue weighted by atomic mass is 14.8. The second kappa shape index (κ2) is 4.05. The van der Waals surface area contributed by atoms with Gasteiger partial charge in [0.2, 0.25) is 0 Å². The van der Waals surface area contributed by atoms with Gasteiger partial charge in [0.05, 0.1) is 0 Å². The number of rotatable bonds is 2. The summed E-state index contributed by atoms with van der Waals surface area (Å²) in [4.78, 5) is 8.37. The summed E-state index contributed by atoms with van der Waals surface area (Å²) < 4.78 is 0. The Bertz CT molecular complexity index is 472. The third-order valence-electron chi connectivity index (χ3n) is 2.27. The van der Waals surface area contributed by atoms with Crippen LogP contribution in [0.1, 0.15) is 11.4 Å². The van der Waals surface area contributed by atoms with Crippen LogP contribution in [0.4, 0.5) is 0 Å². The Morgan fingerprint density at radius 2 is 1.80 bits per heavy atom. The summed E-state index contributed by atoms with van der Waals surface area (Å²) in [5.41, 5.74) is 3.24. The number of hydrogen-bond acceptors (Lipinski definition) is 2. The first-order valence-corrected chi connectivity index (χ1v) is 4.82. The van der Waals surface area contributed by atoms with Crippen molar-refractivity contribution in [2.75, 3.05) is 0 Å². The minimum atomic E-state index is 0.787. The molecule has 15 heavy (non-hydrogen) atoms. The lowest BCUT2D eigenvalue weighted by molar-refractivity contribution is 1.06. The van der Waals surface area contributed by atoms with E-state index in [0.29, 0.717) is 0 Å². The summed E-state index contributed by atoms with van der Waals surface area (Å²) in [5.74, 6) is 0.787. The van der Waals surface area contributed by atoms with Crippen LogP contribution in [-0.2, 0) is 0 Å². The van der Waals surface area contributed by atoms with Crippen molar-refractivity contribution in [1.82, 2.24) is 9.97 Å². The van der Waals surface area contributed by atoms with Gasteiger partial charge >= 0.3 is 0 Å². The molecule has 1 heterocycles. The van der Waals surface area contributed by atoms with E-state index >= 15 is 0 Å². The summed E-state index contributed by atoms with van der Waals surface area (Å²) in [6.07, 6.45) is 5.52. The van der Waals surface area contributed by atoms with Gasteiger partial charge < -0.3 is 0 Å². The average Bonchev–Trinajstić information content (AvgIpc) is 2.30. The van der Waals surface area contributed by atoms with E-state index in [0.717, 1.165) is 22.5 Å². The molecule has 0 aliphatic heterocycles. The van der Waals surface area contributed by atoms with Gasteiger partial charge in [0, 0.05) is 18.0 Å². The maximum atomic E-state index is 4.19. The van der Waals surface area contributed by atoms with Crippen LogP contribution in [0.25, 0.3) is 17.2 Å². The molecule has 0 saturated carbocycles. The fraction of sp³-hybridized carbons (Fsp3) is 0.0769. The molecule has 0 saturated heterocycles. The van der Waals surface area contributed by atoms with E-state index in [1.807, 2.05) is 49.7 Å². The van der Waals surface area contributed by atoms with Crippen molar-refractivity contribution in [3.05, 3.63) is 54.6 Å². The van der Waals surface area contributed by atoms with E-state index in [9.17, 15) is 0 Å². The third-order valence-corrected chi connectivity index (χ3v) is 2.27. The molecule has 0 atom stereocenters. The van der Waals surface area contributed by atoms with Gasteiger partial charge in [-0.3, -0.25) is 0 Å². The topological polar surface area (TPSA) is 25.8 Å². The molecule has 0 aliphatic carbocycles.